The van der Waals surface area contributed by atoms with E-state index in [0.717, 1.165) is 81.3 Å². The molecule has 4 nitrogen and oxygen atoms in total. The first-order valence-corrected chi connectivity index (χ1v) is 28.6. The maximum absolute atomic E-state index is 13.1. The predicted octanol–water partition coefficient (Wildman–Crippen LogP) is 18.3. The molecule has 3 unspecified atom stereocenters. The van der Waals surface area contributed by atoms with Crippen molar-refractivity contribution in [3.63, 3.8) is 0 Å². The second-order valence-electron chi connectivity index (χ2n) is 16.7. The first-order chi connectivity index (χ1) is 28.5. The van der Waals surface area contributed by atoms with Crippen LogP contribution in [0.2, 0.25) is 0 Å². The molecule has 0 aromatic heterocycles. The summed E-state index contributed by atoms with van der Waals surface area (Å²) in [6, 6.07) is 0. The Morgan fingerprint density at radius 2 is 0.724 bits per heavy atom. The van der Waals surface area contributed by atoms with Crippen LogP contribution in [0.15, 0.2) is 24.3 Å². The number of hydrogen-bond donors (Lipinski definition) is 0. The highest BCUT2D eigenvalue weighted by Crippen LogP contribution is 2.20. The molecular weight excluding hydrogens is 984 g/mol. The molecule has 342 valence electrons. The van der Waals surface area contributed by atoms with Crippen LogP contribution in [0.1, 0.15) is 244 Å². The average Bonchev–Trinajstić information content (AvgIpc) is 3.22. The van der Waals surface area contributed by atoms with Crippen molar-refractivity contribution >= 4 is 75.7 Å². The Hall–Kier alpha value is 0.340. The van der Waals surface area contributed by atoms with Crippen molar-refractivity contribution in [2.75, 3.05) is 17.3 Å². The Labute approximate surface area is 393 Å². The van der Waals surface area contributed by atoms with Gasteiger partial charge in [-0.25, -0.2) is 0 Å². The van der Waals surface area contributed by atoms with E-state index in [2.05, 4.69) is 94.9 Å². The van der Waals surface area contributed by atoms with Crippen molar-refractivity contribution < 1.29 is 19.1 Å². The summed E-state index contributed by atoms with van der Waals surface area (Å²) < 4.78 is 11.8. The van der Waals surface area contributed by atoms with Crippen molar-refractivity contribution in [2.45, 2.75) is 260 Å². The first kappa shape index (κ1) is 58.3. The molecule has 0 heterocycles. The van der Waals surface area contributed by atoms with Crippen LogP contribution in [-0.4, -0.2) is 45.0 Å². The number of halogens is 4. The lowest BCUT2D eigenvalue weighted by atomic mass is 10.0. The SMILES string of the molecule is CCCCCCCCCCCCC(COC(=O)C(Br)CCCCCCC=CCCCCCCCCBr)OC(=O)C(Br)CCCCCCC=CCCCCCCCCBr. The van der Waals surface area contributed by atoms with Gasteiger partial charge in [0.25, 0.3) is 0 Å². The van der Waals surface area contributed by atoms with Crippen LogP contribution in [0.4, 0.5) is 0 Å². The van der Waals surface area contributed by atoms with Crippen LogP contribution < -0.4 is 0 Å². The van der Waals surface area contributed by atoms with E-state index < -0.39 is 6.10 Å². The smallest absolute Gasteiger partial charge is 0.320 e. The lowest BCUT2D eigenvalue weighted by Crippen LogP contribution is -2.30. The molecule has 0 aliphatic carbocycles. The summed E-state index contributed by atoms with van der Waals surface area (Å²) >= 11 is 14.2. The summed E-state index contributed by atoms with van der Waals surface area (Å²) in [5.41, 5.74) is 0. The maximum atomic E-state index is 13.1. The van der Waals surface area contributed by atoms with Gasteiger partial charge in [-0.2, -0.15) is 0 Å². The van der Waals surface area contributed by atoms with E-state index >= 15 is 0 Å². The van der Waals surface area contributed by atoms with E-state index in [1.165, 1.54) is 167 Å². The van der Waals surface area contributed by atoms with E-state index in [0.29, 0.717) is 0 Å². The van der Waals surface area contributed by atoms with Crippen LogP contribution in [-0.2, 0) is 19.1 Å². The molecule has 0 N–H and O–H groups in total. The first-order valence-electron chi connectivity index (χ1n) is 24.5. The standard InChI is InChI=1S/C50H90Br4O4/c1-2-3-4-5-6-7-20-25-30-35-40-46(58-50(56)48(54)42-37-32-27-22-17-13-9-11-15-19-24-29-34-39-44-52)45-57-49(55)47(53)41-36-31-26-21-16-12-8-10-14-18-23-28-33-38-43-51/h8-9,12-13,46-48H,2-7,10-11,14-45H2,1H3. The molecule has 0 saturated carbocycles. The van der Waals surface area contributed by atoms with Gasteiger partial charge in [0.05, 0.1) is 0 Å². The Kier molecular flexibility index (Phi) is 48.7. The topological polar surface area (TPSA) is 52.6 Å². The molecular formula is C50H90Br4O4. The summed E-state index contributed by atoms with van der Waals surface area (Å²) in [5, 5.41) is 2.27. The van der Waals surface area contributed by atoms with Crippen LogP contribution in [0, 0.1) is 0 Å². The summed E-state index contributed by atoms with van der Waals surface area (Å²) in [4.78, 5) is 25.4. The minimum atomic E-state index is -0.395. The van der Waals surface area contributed by atoms with Gasteiger partial charge < -0.3 is 9.47 Å². The van der Waals surface area contributed by atoms with Gasteiger partial charge in [0, 0.05) is 10.7 Å². The monoisotopic (exact) mass is 1070 g/mol. The van der Waals surface area contributed by atoms with Crippen LogP contribution in [0.3, 0.4) is 0 Å². The third-order valence-electron chi connectivity index (χ3n) is 11.1. The highest BCUT2D eigenvalue weighted by Gasteiger charge is 2.24. The minimum absolute atomic E-state index is 0.137. The number of alkyl halides is 4. The van der Waals surface area contributed by atoms with E-state index in [-0.39, 0.29) is 28.2 Å². The van der Waals surface area contributed by atoms with E-state index in [1.807, 2.05) is 0 Å². The molecule has 0 aromatic rings. The quantitative estimate of drug-likeness (QED) is 0.0264. The zero-order valence-corrected chi connectivity index (χ0v) is 43.8. The Balaban J connectivity index is 4.40. The van der Waals surface area contributed by atoms with Crippen LogP contribution in [0.5, 0.6) is 0 Å². The molecule has 0 radical (unpaired) electrons. The van der Waals surface area contributed by atoms with Gasteiger partial charge in [0.1, 0.15) is 22.4 Å². The Morgan fingerprint density at radius 1 is 0.414 bits per heavy atom. The van der Waals surface area contributed by atoms with Crippen LogP contribution >= 0.6 is 63.7 Å². The van der Waals surface area contributed by atoms with E-state index in [1.54, 1.807) is 0 Å². The minimum Gasteiger partial charge on any atom is -0.461 e. The maximum Gasteiger partial charge on any atom is 0.320 e. The van der Waals surface area contributed by atoms with E-state index in [4.69, 9.17) is 9.47 Å². The average molecular weight is 1070 g/mol. The summed E-state index contributed by atoms with van der Waals surface area (Å²) in [5.74, 6) is -0.461. The highest BCUT2D eigenvalue weighted by molar-refractivity contribution is 9.10. The van der Waals surface area contributed by atoms with Gasteiger partial charge in [-0.15, -0.1) is 0 Å². The number of carbonyl (C=O) groups excluding carboxylic acids is 2. The molecule has 0 aliphatic rings. The molecule has 3 atom stereocenters. The Bertz CT molecular complexity index is 929. The third kappa shape index (κ3) is 43.0. The van der Waals surface area contributed by atoms with Crippen molar-refractivity contribution in [3.05, 3.63) is 24.3 Å². The lowest BCUT2D eigenvalue weighted by molar-refractivity contribution is -0.158. The van der Waals surface area contributed by atoms with Crippen molar-refractivity contribution in [1.29, 1.82) is 0 Å². The second-order valence-corrected chi connectivity index (χ2v) is 20.5. The molecule has 0 amide bonds. The number of rotatable bonds is 46. The van der Waals surface area contributed by atoms with E-state index in [9.17, 15) is 9.59 Å². The normalized spacial score (nSPS) is 13.4. The molecule has 0 rings (SSSR count). The predicted molar refractivity (Wildman–Crippen MR) is 269 cm³/mol. The molecule has 58 heavy (non-hydrogen) atoms. The van der Waals surface area contributed by atoms with Crippen LogP contribution in [0.25, 0.3) is 0 Å². The second kappa shape index (κ2) is 48.4. The molecule has 0 saturated heterocycles. The molecule has 0 aromatic carbocycles. The highest BCUT2D eigenvalue weighted by atomic mass is 79.9. The number of hydrogen-bond acceptors (Lipinski definition) is 4. The fraction of sp³-hybridized carbons (Fsp3) is 0.880. The number of esters is 2. The molecule has 8 heteroatoms. The van der Waals surface area contributed by atoms with Gasteiger partial charge in [0.2, 0.25) is 0 Å². The van der Waals surface area contributed by atoms with Gasteiger partial charge in [-0.1, -0.05) is 243 Å². The molecule has 0 aliphatic heterocycles. The zero-order chi connectivity index (χ0) is 42.4. The number of allylic oxidation sites excluding steroid dienone is 4. The molecule has 0 bridgehead atoms. The fourth-order valence-corrected chi connectivity index (χ4v) is 8.93. The summed E-state index contributed by atoms with van der Waals surface area (Å²) in [7, 11) is 0. The van der Waals surface area contributed by atoms with Crippen molar-refractivity contribution in [2.24, 2.45) is 0 Å². The van der Waals surface area contributed by atoms with Gasteiger partial charge in [0.15, 0.2) is 0 Å². The number of unbranched alkanes of at least 4 members (excludes halogenated alkanes) is 29. The fourth-order valence-electron chi connectivity index (χ4n) is 7.25. The van der Waals surface area contributed by atoms with Gasteiger partial charge in [-0.3, -0.25) is 9.59 Å². The van der Waals surface area contributed by atoms with Crippen molar-refractivity contribution in [3.8, 4) is 0 Å². The van der Waals surface area contributed by atoms with Gasteiger partial charge in [-0.05, 0) is 89.9 Å². The third-order valence-corrected chi connectivity index (χ3v) is 13.9. The number of ether oxygens (including phenoxy) is 2. The molecule has 0 fully saturated rings. The zero-order valence-electron chi connectivity index (χ0n) is 37.5. The van der Waals surface area contributed by atoms with Crippen molar-refractivity contribution in [1.82, 2.24) is 0 Å². The summed E-state index contributed by atoms with van der Waals surface area (Å²) in [6.45, 7) is 2.40. The lowest BCUT2D eigenvalue weighted by Gasteiger charge is -2.20. The largest absolute Gasteiger partial charge is 0.461 e. The summed E-state index contributed by atoms with van der Waals surface area (Å²) in [6.07, 6.45) is 53.7. The van der Waals surface area contributed by atoms with Gasteiger partial charge >= 0.3 is 11.9 Å². The number of carbonyl (C=O) groups is 2. The molecule has 0 spiro atoms. The Morgan fingerprint density at radius 3 is 1.10 bits per heavy atom.